The van der Waals surface area contributed by atoms with Crippen molar-refractivity contribution in [3.05, 3.63) is 60.2 Å². The van der Waals surface area contributed by atoms with Crippen molar-refractivity contribution in [2.24, 2.45) is 17.8 Å². The van der Waals surface area contributed by atoms with Crippen molar-refractivity contribution in [3.8, 4) is 0 Å². The molecule has 0 unspecified atom stereocenters. The number of cyclic esters (lactones) is 1. The lowest BCUT2D eigenvalue weighted by atomic mass is 9.77. The van der Waals surface area contributed by atoms with E-state index in [9.17, 15) is 24.3 Å². The van der Waals surface area contributed by atoms with E-state index in [1.165, 1.54) is 4.90 Å². The summed E-state index contributed by atoms with van der Waals surface area (Å²) in [5, 5.41) is 10.5. The molecular formula is C34H45N3O7. The molecule has 4 aliphatic rings. The maximum atomic E-state index is 14.6. The van der Waals surface area contributed by atoms with Gasteiger partial charge in [0, 0.05) is 26.1 Å². The molecule has 1 N–H and O–H groups in total. The van der Waals surface area contributed by atoms with Crippen molar-refractivity contribution in [2.45, 2.75) is 89.4 Å². The van der Waals surface area contributed by atoms with E-state index < -0.39 is 59.6 Å². The van der Waals surface area contributed by atoms with Crippen LogP contribution < -0.4 is 0 Å². The number of aliphatic hydroxyl groups excluding tert-OH is 1. The first-order chi connectivity index (χ1) is 20.9. The smallest absolute Gasteiger partial charge is 0.313 e. The zero-order valence-corrected chi connectivity index (χ0v) is 26.5. The van der Waals surface area contributed by atoms with Crippen molar-refractivity contribution in [2.75, 3.05) is 20.2 Å². The topological polar surface area (TPSA) is 117 Å². The third-order valence-corrected chi connectivity index (χ3v) is 9.84. The Bertz CT molecular complexity index is 1330. The minimum absolute atomic E-state index is 0.0836. The number of esters is 1. The second-order valence-corrected chi connectivity index (χ2v) is 13.0. The summed E-state index contributed by atoms with van der Waals surface area (Å²) < 4.78 is 13.1. The van der Waals surface area contributed by atoms with Gasteiger partial charge in [-0.1, -0.05) is 68.5 Å². The van der Waals surface area contributed by atoms with E-state index in [4.69, 9.17) is 9.47 Å². The van der Waals surface area contributed by atoms with Crippen LogP contribution in [-0.2, 0) is 28.7 Å². The molecule has 4 heterocycles. The molecule has 8 atom stereocenters. The monoisotopic (exact) mass is 607 g/mol. The predicted octanol–water partition coefficient (Wildman–Crippen LogP) is 2.87. The number of allylic oxidation sites excluding steroid dienone is 1. The van der Waals surface area contributed by atoms with Crippen molar-refractivity contribution in [3.63, 3.8) is 0 Å². The van der Waals surface area contributed by atoms with Crippen molar-refractivity contribution in [1.82, 2.24) is 14.7 Å². The Morgan fingerprint density at radius 2 is 1.73 bits per heavy atom. The van der Waals surface area contributed by atoms with E-state index in [2.05, 4.69) is 0 Å². The number of rotatable bonds is 5. The summed E-state index contributed by atoms with van der Waals surface area (Å²) in [4.78, 5) is 61.2. The first-order valence-electron chi connectivity index (χ1n) is 15.7. The molecule has 1 aromatic carbocycles. The molecule has 5 rings (SSSR count). The first-order valence-corrected chi connectivity index (χ1v) is 15.7. The summed E-state index contributed by atoms with van der Waals surface area (Å²) >= 11 is 0. The number of carbonyl (C=O) groups excluding carboxylic acids is 4. The number of ether oxygens (including phenoxy) is 2. The molecule has 0 saturated carbocycles. The number of amides is 3. The lowest BCUT2D eigenvalue weighted by Gasteiger charge is -2.40. The quantitative estimate of drug-likeness (QED) is 0.404. The molecule has 1 aromatic rings. The summed E-state index contributed by atoms with van der Waals surface area (Å²) in [7, 11) is 1.70. The minimum Gasteiger partial charge on any atom is -0.455 e. The number of benzene rings is 1. The van der Waals surface area contributed by atoms with Crippen LogP contribution in [0.2, 0.25) is 0 Å². The summed E-state index contributed by atoms with van der Waals surface area (Å²) in [6, 6.07) is 6.90. The molecule has 0 aromatic heterocycles. The summed E-state index contributed by atoms with van der Waals surface area (Å²) in [6.07, 6.45) is 6.18. The van der Waals surface area contributed by atoms with Gasteiger partial charge in [-0.15, -0.1) is 0 Å². The number of fused-ring (bicyclic) bond motifs is 2. The Morgan fingerprint density at radius 1 is 1.02 bits per heavy atom. The third-order valence-electron chi connectivity index (χ3n) is 9.84. The number of hydrogen-bond donors (Lipinski definition) is 1. The van der Waals surface area contributed by atoms with E-state index in [-0.39, 0.29) is 36.8 Å². The Balaban J connectivity index is 1.65. The Labute approximate surface area is 259 Å². The van der Waals surface area contributed by atoms with Crippen LogP contribution in [0.4, 0.5) is 0 Å². The molecular weight excluding hydrogens is 562 g/mol. The normalized spacial score (nSPS) is 34.2. The van der Waals surface area contributed by atoms with Crippen molar-refractivity contribution < 1.29 is 33.8 Å². The lowest BCUT2D eigenvalue weighted by Crippen LogP contribution is -2.59. The van der Waals surface area contributed by atoms with E-state index in [1.54, 1.807) is 35.1 Å². The molecule has 238 valence electrons. The fourth-order valence-corrected chi connectivity index (χ4v) is 7.29. The molecule has 1 spiro atoms. The molecule has 0 radical (unpaired) electrons. The van der Waals surface area contributed by atoms with Gasteiger partial charge in [0.15, 0.2) is 0 Å². The van der Waals surface area contributed by atoms with Gasteiger partial charge in [0.25, 0.3) is 0 Å². The second kappa shape index (κ2) is 12.5. The zero-order valence-electron chi connectivity index (χ0n) is 26.5. The molecule has 10 nitrogen and oxygen atoms in total. The van der Waals surface area contributed by atoms with Crippen LogP contribution in [0.25, 0.3) is 0 Å². The SMILES string of the molecule is CC(C)[C@H](CO)N1C(=O)[C@H]2[C@@H]3C(=O)O[C@@H](c4ccccc4)[C@H](C)N(C)C(=O)CC/C=C\[C@@H]3O[C@]23C=CCN(C(C)C)C(=O)[C@H]13. The van der Waals surface area contributed by atoms with Gasteiger partial charge in [-0.2, -0.15) is 0 Å². The number of hydrogen-bond acceptors (Lipinski definition) is 7. The molecule has 0 aliphatic carbocycles. The predicted molar refractivity (Wildman–Crippen MR) is 163 cm³/mol. The minimum atomic E-state index is -1.44. The Kier molecular flexibility index (Phi) is 9.05. The highest BCUT2D eigenvalue weighted by atomic mass is 16.6. The Hall–Kier alpha value is -3.50. The maximum Gasteiger partial charge on any atom is 0.313 e. The highest BCUT2D eigenvalue weighted by Gasteiger charge is 2.72. The van der Waals surface area contributed by atoms with Crippen molar-refractivity contribution >= 4 is 23.7 Å². The van der Waals surface area contributed by atoms with Crippen LogP contribution in [0.5, 0.6) is 0 Å². The molecule has 4 aliphatic heterocycles. The van der Waals surface area contributed by atoms with Crippen LogP contribution >= 0.6 is 0 Å². The Morgan fingerprint density at radius 3 is 2.36 bits per heavy atom. The molecule has 2 saturated heterocycles. The fraction of sp³-hybridized carbons (Fsp3) is 0.588. The first kappa shape index (κ1) is 31.9. The van der Waals surface area contributed by atoms with Crippen LogP contribution in [0, 0.1) is 17.8 Å². The average molecular weight is 608 g/mol. The zero-order chi connectivity index (χ0) is 31.9. The van der Waals surface area contributed by atoms with Crippen LogP contribution in [0.15, 0.2) is 54.6 Å². The van der Waals surface area contributed by atoms with Gasteiger partial charge in [-0.25, -0.2) is 0 Å². The van der Waals surface area contributed by atoms with Crippen molar-refractivity contribution in [1.29, 1.82) is 0 Å². The van der Waals surface area contributed by atoms with Crippen LogP contribution in [0.3, 0.4) is 0 Å². The highest BCUT2D eigenvalue weighted by molar-refractivity contribution is 5.99. The number of likely N-dealkylation sites (tertiary alicyclic amines) is 1. The fourth-order valence-electron chi connectivity index (χ4n) is 7.29. The third kappa shape index (κ3) is 5.26. The largest absolute Gasteiger partial charge is 0.455 e. The van der Waals surface area contributed by atoms with E-state index >= 15 is 0 Å². The highest BCUT2D eigenvalue weighted by Crippen LogP contribution is 2.54. The van der Waals surface area contributed by atoms with Crippen LogP contribution in [-0.4, -0.2) is 99.6 Å². The summed E-state index contributed by atoms with van der Waals surface area (Å²) in [5.74, 6) is -3.68. The van der Waals surface area contributed by atoms with Gasteiger partial charge >= 0.3 is 5.97 Å². The second-order valence-electron chi connectivity index (χ2n) is 13.0. The molecule has 0 bridgehead atoms. The average Bonchev–Trinajstić information content (AvgIpc) is 3.37. The van der Waals surface area contributed by atoms with E-state index in [0.29, 0.717) is 13.0 Å². The number of nitrogens with zero attached hydrogens (tertiary/aromatic N) is 3. The summed E-state index contributed by atoms with van der Waals surface area (Å²) in [5.41, 5.74) is -0.722. The molecule has 3 amide bonds. The summed E-state index contributed by atoms with van der Waals surface area (Å²) in [6.45, 7) is 9.46. The lowest BCUT2D eigenvalue weighted by molar-refractivity contribution is -0.165. The van der Waals surface area contributed by atoms with Gasteiger partial charge in [-0.05, 0) is 38.7 Å². The standard InChI is InChI=1S/C34H45N3O7/c1-20(2)24(19-38)37-30-32(41)36(21(3)4)18-12-17-34(30)28(31(37)40)27-25(44-34)15-10-11-16-26(39)35(6)22(5)29(43-33(27)42)23-13-8-7-9-14-23/h7-10,12-15,17,20-22,24-25,27-30,38H,11,16,18-19H2,1-6H3/b15-10-/t22-,24-,25-,27+,28+,29+,30-,34+/m0/s1. The number of aliphatic hydroxyl groups is 1. The van der Waals surface area contributed by atoms with Gasteiger partial charge in [0.1, 0.15) is 23.7 Å². The van der Waals surface area contributed by atoms with Gasteiger partial charge in [0.2, 0.25) is 17.7 Å². The van der Waals surface area contributed by atoms with E-state index in [1.807, 2.05) is 71.0 Å². The van der Waals surface area contributed by atoms with Gasteiger partial charge < -0.3 is 29.3 Å². The number of carbonyl (C=O) groups is 4. The number of likely N-dealkylation sites (N-methyl/N-ethyl adjacent to an activating group) is 1. The van der Waals surface area contributed by atoms with Crippen LogP contribution in [0.1, 0.15) is 59.1 Å². The molecule has 2 fully saturated rings. The maximum absolute atomic E-state index is 14.6. The van der Waals surface area contributed by atoms with Gasteiger partial charge in [0.05, 0.1) is 30.7 Å². The molecule has 10 heteroatoms. The van der Waals surface area contributed by atoms with Gasteiger partial charge in [-0.3, -0.25) is 19.2 Å². The molecule has 44 heavy (non-hydrogen) atoms. The van der Waals surface area contributed by atoms with E-state index in [0.717, 1.165) is 5.56 Å².